The first-order chi connectivity index (χ1) is 10.6. The lowest BCUT2D eigenvalue weighted by Crippen LogP contribution is -2.54. The van der Waals surface area contributed by atoms with Crippen LogP contribution in [0.1, 0.15) is 40.0 Å². The van der Waals surface area contributed by atoms with Crippen molar-refractivity contribution in [1.29, 1.82) is 0 Å². The van der Waals surface area contributed by atoms with E-state index < -0.39 is 0 Å². The number of carbonyl (C=O) groups excluding carboxylic acids is 1. The maximum absolute atomic E-state index is 12.0. The van der Waals surface area contributed by atoms with Gasteiger partial charge >= 0.3 is 0 Å². The maximum Gasteiger partial charge on any atom is 0.258 e. The van der Waals surface area contributed by atoms with Crippen LogP contribution in [0.2, 0.25) is 0 Å². The lowest BCUT2D eigenvalue weighted by molar-refractivity contribution is -0.125. The molecular formula is C17H28N2O3. The summed E-state index contributed by atoms with van der Waals surface area (Å²) in [6, 6.07) is 7.28. The molecule has 5 nitrogen and oxygen atoms in total. The fourth-order valence-corrected chi connectivity index (χ4v) is 2.10. The van der Waals surface area contributed by atoms with Crippen molar-refractivity contribution in [3.63, 3.8) is 0 Å². The van der Waals surface area contributed by atoms with E-state index in [0.29, 0.717) is 18.9 Å². The zero-order chi connectivity index (χ0) is 16.4. The van der Waals surface area contributed by atoms with Crippen molar-refractivity contribution in [2.75, 3.05) is 19.8 Å². The van der Waals surface area contributed by atoms with Crippen molar-refractivity contribution < 1.29 is 14.3 Å². The molecule has 0 aliphatic heterocycles. The number of nitrogens with two attached hydrogens (primary N) is 1. The minimum absolute atomic E-state index is 0.0170. The second kappa shape index (κ2) is 9.30. The molecule has 0 saturated heterocycles. The number of amides is 1. The lowest BCUT2D eigenvalue weighted by Gasteiger charge is -2.31. The number of rotatable bonds is 10. The minimum Gasteiger partial charge on any atom is -0.494 e. The SMILES string of the molecule is CCCOc1ccc(OCC(=O)NC(CC)(CC)CN)cc1. The highest BCUT2D eigenvalue weighted by atomic mass is 16.5. The number of hydrogen-bond acceptors (Lipinski definition) is 4. The molecule has 0 fully saturated rings. The van der Waals surface area contributed by atoms with Crippen LogP contribution >= 0.6 is 0 Å². The first-order valence-corrected chi connectivity index (χ1v) is 7.95. The average Bonchev–Trinajstić information content (AvgIpc) is 2.57. The van der Waals surface area contributed by atoms with E-state index in [1.165, 1.54) is 0 Å². The third kappa shape index (κ3) is 5.56. The summed E-state index contributed by atoms with van der Waals surface area (Å²) in [5.74, 6) is 1.29. The van der Waals surface area contributed by atoms with E-state index in [0.717, 1.165) is 25.0 Å². The fraction of sp³-hybridized carbons (Fsp3) is 0.588. The smallest absolute Gasteiger partial charge is 0.258 e. The van der Waals surface area contributed by atoms with Gasteiger partial charge in [0, 0.05) is 6.54 Å². The quantitative estimate of drug-likeness (QED) is 0.696. The minimum atomic E-state index is -0.335. The van der Waals surface area contributed by atoms with Gasteiger partial charge in [0.2, 0.25) is 0 Å². The van der Waals surface area contributed by atoms with Crippen LogP contribution in [0.25, 0.3) is 0 Å². The van der Waals surface area contributed by atoms with Crippen LogP contribution in [-0.2, 0) is 4.79 Å². The molecule has 1 amide bonds. The molecule has 0 saturated carbocycles. The molecule has 0 aliphatic carbocycles. The van der Waals surface area contributed by atoms with Crippen LogP contribution in [0.15, 0.2) is 24.3 Å². The van der Waals surface area contributed by atoms with E-state index in [2.05, 4.69) is 12.2 Å². The predicted octanol–water partition coefficient (Wildman–Crippen LogP) is 2.49. The summed E-state index contributed by atoms with van der Waals surface area (Å²) >= 11 is 0. The molecule has 0 spiro atoms. The van der Waals surface area contributed by atoms with E-state index in [1.807, 2.05) is 26.0 Å². The molecule has 0 radical (unpaired) electrons. The summed E-state index contributed by atoms with van der Waals surface area (Å²) < 4.78 is 11.0. The van der Waals surface area contributed by atoms with Crippen LogP contribution in [-0.4, -0.2) is 31.2 Å². The van der Waals surface area contributed by atoms with Gasteiger partial charge in [-0.25, -0.2) is 0 Å². The van der Waals surface area contributed by atoms with E-state index >= 15 is 0 Å². The van der Waals surface area contributed by atoms with E-state index in [-0.39, 0.29) is 18.1 Å². The summed E-state index contributed by atoms with van der Waals surface area (Å²) in [7, 11) is 0. The van der Waals surface area contributed by atoms with Crippen molar-refractivity contribution in [2.24, 2.45) is 5.73 Å². The Morgan fingerprint density at radius 2 is 1.64 bits per heavy atom. The zero-order valence-corrected chi connectivity index (χ0v) is 13.9. The molecule has 124 valence electrons. The van der Waals surface area contributed by atoms with Crippen molar-refractivity contribution in [1.82, 2.24) is 5.32 Å². The molecule has 0 aliphatic rings. The lowest BCUT2D eigenvalue weighted by atomic mass is 9.93. The predicted molar refractivity (Wildman–Crippen MR) is 88.2 cm³/mol. The van der Waals surface area contributed by atoms with Crippen LogP contribution in [0.3, 0.4) is 0 Å². The monoisotopic (exact) mass is 308 g/mol. The topological polar surface area (TPSA) is 73.6 Å². The highest BCUT2D eigenvalue weighted by Crippen LogP contribution is 2.18. The number of nitrogens with one attached hydrogen (secondary N) is 1. The Labute approximate surface area is 133 Å². The Hall–Kier alpha value is -1.75. The van der Waals surface area contributed by atoms with E-state index in [1.54, 1.807) is 12.1 Å². The van der Waals surface area contributed by atoms with Crippen molar-refractivity contribution >= 4 is 5.91 Å². The summed E-state index contributed by atoms with van der Waals surface area (Å²) in [5, 5.41) is 2.98. The van der Waals surface area contributed by atoms with Crippen molar-refractivity contribution in [3.8, 4) is 11.5 Å². The van der Waals surface area contributed by atoms with Crippen molar-refractivity contribution in [2.45, 2.75) is 45.6 Å². The third-order valence-corrected chi connectivity index (χ3v) is 3.82. The fourth-order valence-electron chi connectivity index (χ4n) is 2.10. The van der Waals surface area contributed by atoms with E-state index in [9.17, 15) is 4.79 Å². The second-order valence-electron chi connectivity index (χ2n) is 5.35. The van der Waals surface area contributed by atoms with Crippen molar-refractivity contribution in [3.05, 3.63) is 24.3 Å². The normalized spacial score (nSPS) is 11.1. The highest BCUT2D eigenvalue weighted by molar-refractivity contribution is 5.78. The number of ether oxygens (including phenoxy) is 2. The average molecular weight is 308 g/mol. The molecule has 22 heavy (non-hydrogen) atoms. The van der Waals surface area contributed by atoms with Crippen LogP contribution in [0.4, 0.5) is 0 Å². The third-order valence-electron chi connectivity index (χ3n) is 3.82. The molecule has 1 rings (SSSR count). The highest BCUT2D eigenvalue weighted by Gasteiger charge is 2.26. The van der Waals surface area contributed by atoms with Gasteiger partial charge in [-0.1, -0.05) is 20.8 Å². The van der Waals surface area contributed by atoms with Crippen LogP contribution in [0.5, 0.6) is 11.5 Å². The summed E-state index contributed by atoms with van der Waals surface area (Å²) in [6.45, 7) is 7.20. The standard InChI is InChI=1S/C17H28N2O3/c1-4-11-21-14-7-9-15(10-8-14)22-12-16(20)19-17(5-2,6-3)13-18/h7-10H,4-6,11-13,18H2,1-3H3,(H,19,20). The van der Waals surface area contributed by atoms with Crippen LogP contribution < -0.4 is 20.5 Å². The summed E-state index contributed by atoms with van der Waals surface area (Å²) in [6.07, 6.45) is 2.57. The number of carbonyl (C=O) groups is 1. The van der Waals surface area contributed by atoms with Gasteiger partial charge < -0.3 is 20.5 Å². The van der Waals surface area contributed by atoms with Gasteiger partial charge in [-0.15, -0.1) is 0 Å². The zero-order valence-electron chi connectivity index (χ0n) is 13.9. The molecular weight excluding hydrogens is 280 g/mol. The molecule has 1 aromatic carbocycles. The molecule has 5 heteroatoms. The molecule has 0 heterocycles. The van der Waals surface area contributed by atoms with Crippen LogP contribution in [0, 0.1) is 0 Å². The Morgan fingerprint density at radius 1 is 1.09 bits per heavy atom. The molecule has 3 N–H and O–H groups in total. The van der Waals surface area contributed by atoms with Gasteiger partial charge in [0.05, 0.1) is 12.1 Å². The second-order valence-corrected chi connectivity index (χ2v) is 5.35. The summed E-state index contributed by atoms with van der Waals surface area (Å²) in [5.41, 5.74) is 5.44. The molecule has 0 aromatic heterocycles. The van der Waals surface area contributed by atoms with E-state index in [4.69, 9.17) is 15.2 Å². The number of hydrogen-bond donors (Lipinski definition) is 2. The van der Waals surface area contributed by atoms with Gasteiger partial charge in [-0.3, -0.25) is 4.79 Å². The first-order valence-electron chi connectivity index (χ1n) is 7.95. The Morgan fingerprint density at radius 3 is 2.09 bits per heavy atom. The molecule has 0 bridgehead atoms. The Kier molecular flexibility index (Phi) is 7.74. The van der Waals surface area contributed by atoms with Gasteiger partial charge in [0.25, 0.3) is 5.91 Å². The van der Waals surface area contributed by atoms with Gasteiger partial charge in [0.15, 0.2) is 6.61 Å². The number of benzene rings is 1. The van der Waals surface area contributed by atoms with Gasteiger partial charge in [-0.2, -0.15) is 0 Å². The van der Waals surface area contributed by atoms with Gasteiger partial charge in [0.1, 0.15) is 11.5 Å². The Balaban J connectivity index is 2.46. The Bertz CT molecular complexity index is 433. The van der Waals surface area contributed by atoms with Gasteiger partial charge in [-0.05, 0) is 43.5 Å². The molecule has 0 atom stereocenters. The molecule has 0 unspecified atom stereocenters. The molecule has 1 aromatic rings. The first kappa shape index (κ1) is 18.3. The largest absolute Gasteiger partial charge is 0.494 e. The summed E-state index contributed by atoms with van der Waals surface area (Å²) in [4.78, 5) is 12.0. The maximum atomic E-state index is 12.0.